The number of hydrogen-bond donors (Lipinski definition) is 1. The number of benzene rings is 1. The molecule has 2 bridgehead atoms. The molecule has 4 unspecified atom stereocenters. The summed E-state index contributed by atoms with van der Waals surface area (Å²) in [7, 11) is 2.95. The number of methoxy groups -OCH3 is 2. The van der Waals surface area contributed by atoms with Crippen molar-refractivity contribution in [2.45, 2.75) is 38.6 Å². The molecular weight excluding hydrogens is 372 g/mol. The summed E-state index contributed by atoms with van der Waals surface area (Å²) >= 11 is 0. The summed E-state index contributed by atoms with van der Waals surface area (Å²) in [5.41, 5.74) is -3.42. The summed E-state index contributed by atoms with van der Waals surface area (Å²) in [4.78, 5) is 0. The van der Waals surface area contributed by atoms with Crippen LogP contribution in [-0.4, -0.2) is 25.9 Å². The van der Waals surface area contributed by atoms with Gasteiger partial charge in [0.1, 0.15) is 17.6 Å². The van der Waals surface area contributed by atoms with E-state index in [1.165, 1.54) is 14.2 Å². The first-order valence-corrected chi connectivity index (χ1v) is 9.25. The molecule has 2 fully saturated rings. The van der Waals surface area contributed by atoms with Gasteiger partial charge in [-0.15, -0.1) is 0 Å². The zero-order valence-corrected chi connectivity index (χ0v) is 16.8. The van der Waals surface area contributed by atoms with Crippen molar-refractivity contribution >= 4 is 5.90 Å². The molecule has 1 N–H and O–H groups in total. The third-order valence-electron chi connectivity index (χ3n) is 6.01. The lowest BCUT2D eigenvalue weighted by atomic mass is 9.53. The lowest BCUT2D eigenvalue weighted by Gasteiger charge is -2.49. The minimum atomic E-state index is -2.02. The van der Waals surface area contributed by atoms with Gasteiger partial charge in [0.25, 0.3) is 0 Å². The molecule has 8 heteroatoms. The van der Waals surface area contributed by atoms with Crippen LogP contribution in [0.4, 0.5) is 0 Å². The Morgan fingerprint density at radius 2 is 1.83 bits per heavy atom. The van der Waals surface area contributed by atoms with Crippen LogP contribution in [0.5, 0.6) is 11.5 Å². The van der Waals surface area contributed by atoms with Crippen LogP contribution in [-0.2, 0) is 9.47 Å². The van der Waals surface area contributed by atoms with Crippen LogP contribution in [0.1, 0.15) is 38.4 Å². The highest BCUT2D eigenvalue weighted by Crippen LogP contribution is 2.68. The zero-order chi connectivity index (χ0) is 21.4. The molecule has 0 aliphatic carbocycles. The van der Waals surface area contributed by atoms with Gasteiger partial charge in [-0.1, -0.05) is 13.3 Å². The predicted octanol–water partition coefficient (Wildman–Crippen LogP) is 3.46. The monoisotopic (exact) mass is 394 g/mol. The van der Waals surface area contributed by atoms with Gasteiger partial charge in [-0.25, -0.2) is 0 Å². The van der Waals surface area contributed by atoms with Crippen LogP contribution < -0.4 is 9.47 Å². The van der Waals surface area contributed by atoms with Gasteiger partial charge in [-0.3, -0.25) is 5.41 Å². The molecule has 1 aromatic carbocycles. The van der Waals surface area contributed by atoms with Gasteiger partial charge in [-0.05, 0) is 24.6 Å². The predicted molar refractivity (Wildman–Crippen MR) is 101 cm³/mol. The van der Waals surface area contributed by atoms with Crippen molar-refractivity contribution in [2.24, 2.45) is 16.7 Å². The van der Waals surface area contributed by atoms with E-state index in [9.17, 15) is 15.8 Å². The normalized spacial score (nSPS) is 31.7. The number of rotatable bonds is 5. The fourth-order valence-corrected chi connectivity index (χ4v) is 4.64. The quantitative estimate of drug-likeness (QED) is 0.808. The third kappa shape index (κ3) is 2.41. The Hall–Kier alpha value is -3.28. The van der Waals surface area contributed by atoms with E-state index in [0.717, 1.165) is 0 Å². The summed E-state index contributed by atoms with van der Waals surface area (Å²) in [5.74, 6) is -1.54. The largest absolute Gasteiger partial charge is 0.497 e. The molecule has 0 spiro atoms. The van der Waals surface area contributed by atoms with Crippen molar-refractivity contribution in [3.63, 3.8) is 0 Å². The summed E-state index contributed by atoms with van der Waals surface area (Å²) in [6, 6.07) is 11.1. The molecule has 0 amide bonds. The molecule has 0 radical (unpaired) electrons. The fraction of sp³-hybridized carbons (Fsp3) is 0.524. The smallest absolute Gasteiger partial charge is 0.214 e. The van der Waals surface area contributed by atoms with Crippen LogP contribution in [0.3, 0.4) is 0 Å². The van der Waals surface area contributed by atoms with Crippen LogP contribution in [0.2, 0.25) is 0 Å². The maximum absolute atomic E-state index is 10.3. The maximum atomic E-state index is 10.3. The Bertz CT molecular complexity index is 958. The molecule has 29 heavy (non-hydrogen) atoms. The van der Waals surface area contributed by atoms with E-state index < -0.39 is 34.5 Å². The maximum Gasteiger partial charge on any atom is 0.214 e. The van der Waals surface area contributed by atoms with Crippen molar-refractivity contribution < 1.29 is 18.9 Å². The molecule has 1 aromatic rings. The molecule has 0 saturated carbocycles. The Morgan fingerprint density at radius 3 is 2.34 bits per heavy atom. The first-order chi connectivity index (χ1) is 13.8. The first-order valence-electron chi connectivity index (χ1n) is 9.25. The number of fused-ring (bicyclic) bond motifs is 2. The minimum Gasteiger partial charge on any atom is -0.497 e. The summed E-state index contributed by atoms with van der Waals surface area (Å²) in [5, 5.41) is 39.2. The second kappa shape index (κ2) is 6.95. The van der Waals surface area contributed by atoms with Gasteiger partial charge >= 0.3 is 0 Å². The lowest BCUT2D eigenvalue weighted by Crippen LogP contribution is -2.58. The highest BCUT2D eigenvalue weighted by Gasteiger charge is 2.79. The van der Waals surface area contributed by atoms with Crippen molar-refractivity contribution in [1.29, 1.82) is 21.2 Å². The second-order valence-electron chi connectivity index (χ2n) is 7.35. The lowest BCUT2D eigenvalue weighted by molar-refractivity contribution is -0.274. The van der Waals surface area contributed by atoms with Crippen molar-refractivity contribution in [2.75, 3.05) is 14.2 Å². The molecule has 8 nitrogen and oxygen atoms in total. The number of nitrogens with one attached hydrogen (secondary N) is 1. The number of hydrogen-bond acceptors (Lipinski definition) is 8. The molecular formula is C21H22N4O4. The Morgan fingerprint density at radius 1 is 1.14 bits per heavy atom. The first kappa shape index (κ1) is 20.5. The Labute approximate surface area is 169 Å². The molecule has 2 saturated heterocycles. The number of nitriles is 3. The zero-order valence-electron chi connectivity index (χ0n) is 16.8. The van der Waals surface area contributed by atoms with Crippen LogP contribution in [0.15, 0.2) is 18.2 Å². The second-order valence-corrected chi connectivity index (χ2v) is 7.35. The standard InChI is InChI=1S/C21H22N4O4/c1-5-6-16-19(2)28-17(14-9-13(26-3)7-8-15(14)27-4)20(10-22,11-23)21(16,12-24)18(25)29-19/h7-9,16-17,25H,5-6H2,1-4H3. The number of ether oxygens (including phenoxy) is 4. The van der Waals surface area contributed by atoms with E-state index in [2.05, 4.69) is 6.07 Å². The minimum absolute atomic E-state index is 0.377. The van der Waals surface area contributed by atoms with Gasteiger partial charge < -0.3 is 18.9 Å². The average Bonchev–Trinajstić information content (AvgIpc) is 2.90. The van der Waals surface area contributed by atoms with E-state index in [4.69, 9.17) is 24.4 Å². The molecule has 2 heterocycles. The molecule has 2 aliphatic rings. The Kier molecular flexibility index (Phi) is 4.91. The Balaban J connectivity index is 2.36. The van der Waals surface area contributed by atoms with Gasteiger partial charge in [0.05, 0.1) is 38.3 Å². The fourth-order valence-electron chi connectivity index (χ4n) is 4.64. The highest BCUT2D eigenvalue weighted by atomic mass is 16.7. The van der Waals surface area contributed by atoms with Gasteiger partial charge in [0, 0.05) is 12.5 Å². The van der Waals surface area contributed by atoms with Crippen LogP contribution in [0.25, 0.3) is 0 Å². The summed E-state index contributed by atoms with van der Waals surface area (Å²) < 4.78 is 22.7. The van der Waals surface area contributed by atoms with Crippen LogP contribution in [0, 0.1) is 56.2 Å². The van der Waals surface area contributed by atoms with Crippen molar-refractivity contribution in [1.82, 2.24) is 0 Å². The van der Waals surface area contributed by atoms with Gasteiger partial charge in [0.15, 0.2) is 5.41 Å². The summed E-state index contributed by atoms with van der Waals surface area (Å²) in [6.45, 7) is 3.58. The van der Waals surface area contributed by atoms with E-state index in [0.29, 0.717) is 29.9 Å². The van der Waals surface area contributed by atoms with E-state index in [-0.39, 0.29) is 0 Å². The molecule has 4 atom stereocenters. The van der Waals surface area contributed by atoms with E-state index >= 15 is 0 Å². The molecule has 0 aromatic heterocycles. The topological polar surface area (TPSA) is 132 Å². The van der Waals surface area contributed by atoms with E-state index in [1.54, 1.807) is 25.1 Å². The average molecular weight is 394 g/mol. The summed E-state index contributed by atoms with van der Waals surface area (Å²) in [6.07, 6.45) is -0.0633. The van der Waals surface area contributed by atoms with Gasteiger partial charge in [0.2, 0.25) is 17.1 Å². The van der Waals surface area contributed by atoms with Gasteiger partial charge in [-0.2, -0.15) is 15.8 Å². The third-order valence-corrected chi connectivity index (χ3v) is 6.01. The molecule has 2 aliphatic heterocycles. The van der Waals surface area contributed by atoms with Crippen molar-refractivity contribution in [3.8, 4) is 29.7 Å². The van der Waals surface area contributed by atoms with Crippen LogP contribution >= 0.6 is 0 Å². The van der Waals surface area contributed by atoms with E-state index in [1.807, 2.05) is 19.1 Å². The van der Waals surface area contributed by atoms with Crippen molar-refractivity contribution in [3.05, 3.63) is 23.8 Å². The molecule has 3 rings (SSSR count). The SMILES string of the molecule is CCCC1C2(C)OC(=N)C1(C#N)C(C#N)(C#N)C(c1cc(OC)ccc1OC)O2. The molecule has 150 valence electrons. The highest BCUT2D eigenvalue weighted by molar-refractivity contribution is 5.89. The number of nitrogens with zero attached hydrogens (tertiary/aromatic N) is 3.